The van der Waals surface area contributed by atoms with Crippen LogP contribution in [0.4, 0.5) is 0 Å². The van der Waals surface area contributed by atoms with E-state index in [1.165, 1.54) is 17.4 Å². The number of carbonyl (C=O) groups is 2. The average Bonchev–Trinajstić information content (AvgIpc) is 2.99. The first-order chi connectivity index (χ1) is 10.1. The van der Waals surface area contributed by atoms with Crippen molar-refractivity contribution in [1.29, 1.82) is 0 Å². The lowest BCUT2D eigenvalue weighted by Gasteiger charge is -2.37. The molecule has 3 heterocycles. The number of aliphatic hydroxyl groups is 1. The third-order valence-corrected chi connectivity index (χ3v) is 5.16. The van der Waals surface area contributed by atoms with Crippen LogP contribution in [0.25, 0.3) is 6.08 Å². The fourth-order valence-corrected chi connectivity index (χ4v) is 4.21. The van der Waals surface area contributed by atoms with Gasteiger partial charge < -0.3 is 15.1 Å². The van der Waals surface area contributed by atoms with Gasteiger partial charge in [-0.2, -0.15) is 0 Å². The van der Waals surface area contributed by atoms with Crippen LogP contribution in [-0.4, -0.2) is 45.2 Å². The number of carboxylic acid groups (broad SMARTS) is 1. The molecule has 2 saturated heterocycles. The topological polar surface area (TPSA) is 77.8 Å². The Balaban J connectivity index is 1.83. The van der Waals surface area contributed by atoms with Gasteiger partial charge >= 0.3 is 5.97 Å². The normalized spacial score (nSPS) is 28.2. The van der Waals surface area contributed by atoms with Crippen LogP contribution in [0.5, 0.6) is 0 Å². The lowest BCUT2D eigenvalue weighted by Crippen LogP contribution is -2.47. The summed E-state index contributed by atoms with van der Waals surface area (Å²) in [6, 6.07) is 1.99. The molecule has 2 atom stereocenters. The molecule has 2 fully saturated rings. The molecular weight excluding hydrogens is 290 g/mol. The quantitative estimate of drug-likeness (QED) is 0.837. The molecular formula is C15H17NO4S. The molecule has 0 aliphatic carbocycles. The van der Waals surface area contributed by atoms with Crippen LogP contribution >= 0.6 is 11.3 Å². The molecule has 1 aromatic heterocycles. The maximum atomic E-state index is 12.8. The fourth-order valence-electron chi connectivity index (χ4n) is 3.38. The van der Waals surface area contributed by atoms with Crippen molar-refractivity contribution in [1.82, 2.24) is 4.90 Å². The molecule has 112 valence electrons. The predicted octanol–water partition coefficient (Wildman–Crippen LogP) is 1.97. The van der Waals surface area contributed by atoms with Crippen LogP contribution in [0, 0.1) is 0 Å². The molecule has 0 radical (unpaired) electrons. The molecule has 0 spiro atoms. The highest BCUT2D eigenvalue weighted by Crippen LogP contribution is 2.37. The van der Waals surface area contributed by atoms with E-state index >= 15 is 0 Å². The van der Waals surface area contributed by atoms with E-state index in [-0.39, 0.29) is 24.1 Å². The molecule has 2 aliphatic rings. The first kappa shape index (κ1) is 14.3. The van der Waals surface area contributed by atoms with Crippen molar-refractivity contribution >= 4 is 29.3 Å². The van der Waals surface area contributed by atoms with Crippen molar-refractivity contribution in [2.24, 2.45) is 0 Å². The van der Waals surface area contributed by atoms with E-state index in [9.17, 15) is 14.7 Å². The number of hydrogen-bond donors (Lipinski definition) is 2. The summed E-state index contributed by atoms with van der Waals surface area (Å²) in [6.07, 6.45) is 5.39. The van der Waals surface area contributed by atoms with Crippen LogP contribution in [0.3, 0.4) is 0 Å². The summed E-state index contributed by atoms with van der Waals surface area (Å²) in [5.74, 6) is -1.06. The Kier molecular flexibility index (Phi) is 3.82. The van der Waals surface area contributed by atoms with Gasteiger partial charge in [-0.25, -0.2) is 4.79 Å². The van der Waals surface area contributed by atoms with E-state index in [2.05, 4.69) is 0 Å². The van der Waals surface area contributed by atoms with Crippen LogP contribution in [-0.2, 0) is 4.79 Å². The zero-order valence-corrected chi connectivity index (χ0v) is 12.3. The van der Waals surface area contributed by atoms with E-state index in [0.717, 1.165) is 18.9 Å². The molecule has 5 nitrogen and oxygen atoms in total. The summed E-state index contributed by atoms with van der Waals surface area (Å²) < 4.78 is 0. The highest BCUT2D eigenvalue weighted by Gasteiger charge is 2.43. The van der Waals surface area contributed by atoms with Crippen LogP contribution in [0.2, 0.25) is 0 Å². The maximum Gasteiger partial charge on any atom is 0.328 e. The second-order valence-corrected chi connectivity index (χ2v) is 6.52. The van der Waals surface area contributed by atoms with Gasteiger partial charge in [-0.3, -0.25) is 4.79 Å². The van der Waals surface area contributed by atoms with Crippen LogP contribution in [0.15, 0.2) is 17.5 Å². The minimum absolute atomic E-state index is 0.0329. The van der Waals surface area contributed by atoms with Crippen LogP contribution in [0.1, 0.15) is 40.9 Å². The number of nitrogens with zero attached hydrogens (tertiary/aromatic N) is 1. The third kappa shape index (κ3) is 2.73. The molecule has 2 N–H and O–H groups in total. The molecule has 0 saturated carbocycles. The van der Waals surface area contributed by atoms with Crippen molar-refractivity contribution in [2.75, 3.05) is 0 Å². The van der Waals surface area contributed by atoms with Gasteiger partial charge in [0, 0.05) is 18.2 Å². The molecule has 1 amide bonds. The number of aliphatic carboxylic acids is 1. The van der Waals surface area contributed by atoms with Crippen LogP contribution < -0.4 is 0 Å². The summed E-state index contributed by atoms with van der Waals surface area (Å²) >= 11 is 1.34. The number of amides is 1. The van der Waals surface area contributed by atoms with Gasteiger partial charge in [0.2, 0.25) is 0 Å². The van der Waals surface area contributed by atoms with Crippen molar-refractivity contribution in [3.63, 3.8) is 0 Å². The Morgan fingerprint density at radius 2 is 1.95 bits per heavy atom. The van der Waals surface area contributed by atoms with Gasteiger partial charge in [-0.05, 0) is 48.8 Å². The zero-order chi connectivity index (χ0) is 15.0. The molecule has 2 unspecified atom stereocenters. The minimum Gasteiger partial charge on any atom is -0.478 e. The van der Waals surface area contributed by atoms with E-state index in [1.54, 1.807) is 11.4 Å². The minimum atomic E-state index is -1.03. The summed E-state index contributed by atoms with van der Waals surface area (Å²) in [5, 5.41) is 20.3. The number of piperidine rings is 1. The van der Waals surface area contributed by atoms with Gasteiger partial charge in [-0.15, -0.1) is 11.3 Å². The van der Waals surface area contributed by atoms with Gasteiger partial charge in [0.25, 0.3) is 5.91 Å². The average molecular weight is 307 g/mol. The molecule has 2 aliphatic heterocycles. The first-order valence-corrected chi connectivity index (χ1v) is 7.93. The zero-order valence-electron chi connectivity index (χ0n) is 11.4. The van der Waals surface area contributed by atoms with Gasteiger partial charge in [0.1, 0.15) is 0 Å². The number of aliphatic hydroxyl groups excluding tert-OH is 1. The Bertz CT molecular complexity index is 580. The lowest BCUT2D eigenvalue weighted by atomic mass is 9.99. The van der Waals surface area contributed by atoms with E-state index < -0.39 is 5.97 Å². The fraction of sp³-hybridized carbons (Fsp3) is 0.467. The predicted molar refractivity (Wildman–Crippen MR) is 79.2 cm³/mol. The Morgan fingerprint density at radius 3 is 2.57 bits per heavy atom. The number of hydrogen-bond acceptors (Lipinski definition) is 4. The molecule has 6 heteroatoms. The summed E-state index contributed by atoms with van der Waals surface area (Å²) in [5.41, 5.74) is 0.651. The SMILES string of the molecule is O=C(O)C=Cc1ccsc1C(=O)N1C2CCC1CC(O)C2. The molecule has 2 bridgehead atoms. The second kappa shape index (κ2) is 5.61. The number of thiophene rings is 1. The highest BCUT2D eigenvalue weighted by molar-refractivity contribution is 7.12. The molecule has 0 aromatic carbocycles. The van der Waals surface area contributed by atoms with E-state index in [1.807, 2.05) is 4.90 Å². The molecule has 3 rings (SSSR count). The Hall–Kier alpha value is -1.66. The van der Waals surface area contributed by atoms with Gasteiger partial charge in [-0.1, -0.05) is 0 Å². The monoisotopic (exact) mass is 307 g/mol. The number of fused-ring (bicyclic) bond motifs is 2. The summed E-state index contributed by atoms with van der Waals surface area (Å²) in [6.45, 7) is 0. The van der Waals surface area contributed by atoms with Gasteiger partial charge in [0.05, 0.1) is 11.0 Å². The lowest BCUT2D eigenvalue weighted by molar-refractivity contribution is -0.131. The van der Waals surface area contributed by atoms with Gasteiger partial charge in [0.15, 0.2) is 0 Å². The first-order valence-electron chi connectivity index (χ1n) is 7.05. The maximum absolute atomic E-state index is 12.8. The smallest absolute Gasteiger partial charge is 0.328 e. The largest absolute Gasteiger partial charge is 0.478 e. The Labute approximate surface area is 126 Å². The number of rotatable bonds is 3. The third-order valence-electron chi connectivity index (χ3n) is 4.24. The summed E-state index contributed by atoms with van der Waals surface area (Å²) in [4.78, 5) is 25.9. The van der Waals surface area contributed by atoms with Crippen molar-refractivity contribution in [3.05, 3.63) is 28.0 Å². The highest BCUT2D eigenvalue weighted by atomic mass is 32.1. The van der Waals surface area contributed by atoms with Crippen molar-refractivity contribution < 1.29 is 19.8 Å². The summed E-state index contributed by atoms with van der Waals surface area (Å²) in [7, 11) is 0. The standard InChI is InChI=1S/C15H17NO4S/c17-12-7-10-2-3-11(8-12)16(10)15(20)14-9(5-6-21-14)1-4-13(18)19/h1,4-6,10-12,17H,2-3,7-8H2,(H,18,19). The molecule has 21 heavy (non-hydrogen) atoms. The van der Waals surface area contributed by atoms with E-state index in [0.29, 0.717) is 23.3 Å². The second-order valence-electron chi connectivity index (χ2n) is 5.60. The number of carbonyl (C=O) groups excluding carboxylic acids is 1. The van der Waals surface area contributed by atoms with Crippen molar-refractivity contribution in [3.8, 4) is 0 Å². The van der Waals surface area contributed by atoms with Crippen molar-refractivity contribution in [2.45, 2.75) is 43.9 Å². The number of carboxylic acids is 1. The van der Waals surface area contributed by atoms with E-state index in [4.69, 9.17) is 5.11 Å². The Morgan fingerprint density at radius 1 is 1.29 bits per heavy atom. The molecule has 1 aromatic rings.